The summed E-state index contributed by atoms with van der Waals surface area (Å²) in [5, 5.41) is 3.53. The van der Waals surface area contributed by atoms with E-state index in [1.54, 1.807) is 12.1 Å². The van der Waals surface area contributed by atoms with Crippen molar-refractivity contribution >= 4 is 40.9 Å². The van der Waals surface area contributed by atoms with E-state index in [0.29, 0.717) is 12.1 Å². The quantitative estimate of drug-likeness (QED) is 0.483. The van der Waals surface area contributed by atoms with Crippen LogP contribution in [0.4, 0.5) is 26.2 Å². The predicted molar refractivity (Wildman–Crippen MR) is 152 cm³/mol. The summed E-state index contributed by atoms with van der Waals surface area (Å²) < 4.78 is 15.0. The maximum atomic E-state index is 15.0. The molecule has 212 valence electrons. The first-order chi connectivity index (χ1) is 19.7. The molecule has 0 fully saturated rings. The number of hydrogen-bond acceptors (Lipinski definition) is 5. The molecule has 0 unspecified atom stereocenters. The molecule has 0 spiro atoms. The highest BCUT2D eigenvalue weighted by Gasteiger charge is 2.33. The lowest BCUT2D eigenvalue weighted by Crippen LogP contribution is -2.40. The van der Waals surface area contributed by atoms with Crippen LogP contribution in [-0.2, 0) is 27.4 Å². The monoisotopic (exact) mass is 558 g/mol. The van der Waals surface area contributed by atoms with Crippen molar-refractivity contribution in [2.45, 2.75) is 46.1 Å². The predicted octanol–water partition coefficient (Wildman–Crippen LogP) is 5.05. The summed E-state index contributed by atoms with van der Waals surface area (Å²) in [7, 11) is 0. The molecule has 9 nitrogen and oxygen atoms in total. The summed E-state index contributed by atoms with van der Waals surface area (Å²) in [5.74, 6) is -2.13. The molecule has 0 saturated carbocycles. The van der Waals surface area contributed by atoms with Crippen LogP contribution in [0.1, 0.15) is 53.2 Å². The van der Waals surface area contributed by atoms with Gasteiger partial charge in [-0.2, -0.15) is 0 Å². The van der Waals surface area contributed by atoms with Crippen molar-refractivity contribution in [3.05, 3.63) is 88.7 Å². The highest BCUT2D eigenvalue weighted by atomic mass is 19.1. The number of carbonyl (C=O) groups excluding carboxylic acids is 4. The number of anilines is 3. The van der Waals surface area contributed by atoms with Gasteiger partial charge < -0.3 is 15.1 Å². The molecule has 0 aliphatic carbocycles. The zero-order chi connectivity index (χ0) is 29.1. The fourth-order valence-electron chi connectivity index (χ4n) is 5.27. The molecule has 41 heavy (non-hydrogen) atoms. The van der Waals surface area contributed by atoms with E-state index in [1.165, 1.54) is 23.8 Å². The molecule has 0 bridgehead atoms. The number of aryl methyl sites for hydroxylation is 2. The first-order valence-electron chi connectivity index (χ1n) is 13.6. The van der Waals surface area contributed by atoms with Crippen LogP contribution in [0, 0.1) is 12.7 Å². The van der Waals surface area contributed by atoms with Crippen LogP contribution in [0.5, 0.6) is 0 Å². The number of nitrogens with zero attached hydrogens (tertiary/aromatic N) is 3. The first kappa shape index (κ1) is 27.8. The number of rotatable bonds is 4. The van der Waals surface area contributed by atoms with Crippen LogP contribution in [-0.4, -0.2) is 36.9 Å². The molecular weight excluding hydrogens is 527 g/mol. The molecule has 0 radical (unpaired) electrons. The Balaban J connectivity index is 1.32. The third kappa shape index (κ3) is 5.77. The lowest BCUT2D eigenvalue weighted by molar-refractivity contribution is -0.148. The Bertz CT molecular complexity index is 1520. The van der Waals surface area contributed by atoms with E-state index in [-0.39, 0.29) is 36.8 Å². The van der Waals surface area contributed by atoms with Crippen LogP contribution in [0.3, 0.4) is 0 Å². The number of benzene rings is 3. The molecule has 2 aliphatic rings. The van der Waals surface area contributed by atoms with Gasteiger partial charge in [0.1, 0.15) is 17.2 Å². The van der Waals surface area contributed by atoms with Gasteiger partial charge in [-0.15, -0.1) is 5.06 Å². The molecule has 2 heterocycles. The molecule has 0 saturated heterocycles. The number of halogens is 1. The molecular formula is C31H31FN4O5. The van der Waals surface area contributed by atoms with Crippen molar-refractivity contribution in [2.75, 3.05) is 28.0 Å². The van der Waals surface area contributed by atoms with Crippen molar-refractivity contribution in [1.29, 1.82) is 0 Å². The van der Waals surface area contributed by atoms with E-state index in [2.05, 4.69) is 11.4 Å². The minimum Gasteiger partial charge on any atom is -0.334 e. The third-order valence-electron chi connectivity index (χ3n) is 7.32. The van der Waals surface area contributed by atoms with Crippen LogP contribution < -0.4 is 20.2 Å². The van der Waals surface area contributed by atoms with E-state index >= 15 is 0 Å². The van der Waals surface area contributed by atoms with Gasteiger partial charge in [-0.3, -0.25) is 14.5 Å². The Kier molecular flexibility index (Phi) is 8.00. The smallest absolute Gasteiger partial charge is 0.330 e. The van der Waals surface area contributed by atoms with Gasteiger partial charge in [-0.25, -0.2) is 14.0 Å². The van der Waals surface area contributed by atoms with Crippen molar-refractivity contribution in [2.24, 2.45) is 0 Å². The summed E-state index contributed by atoms with van der Waals surface area (Å²) in [6, 6.07) is 16.7. The number of urea groups is 1. The molecule has 0 aromatic heterocycles. The fraction of sp³-hybridized carbons (Fsp3) is 0.290. The molecule has 5 rings (SSSR count). The van der Waals surface area contributed by atoms with E-state index in [9.17, 15) is 23.6 Å². The zero-order valence-electron chi connectivity index (χ0n) is 23.0. The average molecular weight is 559 g/mol. The molecule has 2 aliphatic heterocycles. The topological polar surface area (TPSA) is 99.3 Å². The summed E-state index contributed by atoms with van der Waals surface area (Å²) in [6.45, 7) is 3.66. The summed E-state index contributed by atoms with van der Waals surface area (Å²) in [5.41, 5.74) is 4.07. The van der Waals surface area contributed by atoms with Crippen LogP contribution in [0.2, 0.25) is 0 Å². The van der Waals surface area contributed by atoms with Crippen LogP contribution in [0.25, 0.3) is 0 Å². The van der Waals surface area contributed by atoms with Gasteiger partial charge in [-0.05, 0) is 73.2 Å². The normalized spacial score (nSPS) is 14.9. The number of fused-ring (bicyclic) bond motifs is 2. The largest absolute Gasteiger partial charge is 0.334 e. The lowest BCUT2D eigenvalue weighted by atomic mass is 10.0. The van der Waals surface area contributed by atoms with Crippen molar-refractivity contribution in [3.8, 4) is 0 Å². The molecule has 10 heteroatoms. The van der Waals surface area contributed by atoms with Crippen molar-refractivity contribution in [1.82, 2.24) is 5.32 Å². The fourth-order valence-corrected chi connectivity index (χ4v) is 5.27. The minimum absolute atomic E-state index is 0.0352. The Labute approximate surface area is 237 Å². The third-order valence-corrected chi connectivity index (χ3v) is 7.32. The summed E-state index contributed by atoms with van der Waals surface area (Å²) >= 11 is 0. The Hall–Kier alpha value is -4.73. The molecule has 0 atom stereocenters. The number of amides is 4. The van der Waals surface area contributed by atoms with Gasteiger partial charge in [0.25, 0.3) is 11.8 Å². The standard InChI is InChI=1S/C31H31FN4O5/c1-20-18-23(30(39)34-16-6-5-9-22-8-3-4-11-26(22)34)13-14-24(20)19-33-31(40)35-17-15-28(38)36(41-21(2)37)27-12-7-10-25(32)29(27)35/h3-4,7-8,10-14,18H,5-6,9,15-17,19H2,1-2H3,(H,33,40). The lowest BCUT2D eigenvalue weighted by Gasteiger charge is -2.25. The number of hydroxylamine groups is 1. The number of para-hydroxylation sites is 2. The van der Waals surface area contributed by atoms with E-state index in [4.69, 9.17) is 4.84 Å². The highest BCUT2D eigenvalue weighted by Crippen LogP contribution is 2.35. The average Bonchev–Trinajstić information content (AvgIpc) is 3.25. The molecule has 1 N–H and O–H groups in total. The Morgan fingerprint density at radius 1 is 0.927 bits per heavy atom. The van der Waals surface area contributed by atoms with Crippen LogP contribution in [0.15, 0.2) is 60.7 Å². The van der Waals surface area contributed by atoms with Gasteiger partial charge in [-0.1, -0.05) is 30.3 Å². The van der Waals surface area contributed by atoms with E-state index < -0.39 is 23.7 Å². The second-order valence-electron chi connectivity index (χ2n) is 10.1. The van der Waals surface area contributed by atoms with Crippen molar-refractivity contribution < 1.29 is 28.4 Å². The SMILES string of the molecule is CC(=O)ON1C(=O)CCN(C(=O)NCc2ccc(C(=O)N3CCCCc4ccccc43)cc2C)c2c(F)cccc21. The van der Waals surface area contributed by atoms with Crippen molar-refractivity contribution in [3.63, 3.8) is 0 Å². The summed E-state index contributed by atoms with van der Waals surface area (Å²) in [6.07, 6.45) is 2.72. The van der Waals surface area contributed by atoms with Gasteiger partial charge in [0.05, 0.1) is 0 Å². The molecule has 3 aromatic carbocycles. The number of carbonyl (C=O) groups is 4. The minimum atomic E-state index is -0.746. The van der Waals surface area contributed by atoms with E-state index in [0.717, 1.165) is 53.0 Å². The van der Waals surface area contributed by atoms with Gasteiger partial charge >= 0.3 is 12.0 Å². The first-order valence-corrected chi connectivity index (χ1v) is 13.6. The maximum absolute atomic E-state index is 15.0. The maximum Gasteiger partial charge on any atom is 0.330 e. The second kappa shape index (κ2) is 11.8. The van der Waals surface area contributed by atoms with Gasteiger partial charge in [0.2, 0.25) is 0 Å². The number of hydrogen-bond donors (Lipinski definition) is 1. The summed E-state index contributed by atoms with van der Waals surface area (Å²) in [4.78, 5) is 59.0. The molecule has 4 amide bonds. The Morgan fingerprint density at radius 3 is 2.49 bits per heavy atom. The Morgan fingerprint density at radius 2 is 1.71 bits per heavy atom. The number of nitrogens with one attached hydrogen (secondary N) is 1. The second-order valence-corrected chi connectivity index (χ2v) is 10.1. The van der Waals surface area contributed by atoms with Gasteiger partial charge in [0.15, 0.2) is 0 Å². The molecule has 3 aromatic rings. The highest BCUT2D eigenvalue weighted by molar-refractivity contribution is 6.07. The van der Waals surface area contributed by atoms with E-state index in [1.807, 2.05) is 36.1 Å². The zero-order valence-corrected chi connectivity index (χ0v) is 23.0. The van der Waals surface area contributed by atoms with Crippen LogP contribution >= 0.6 is 0 Å². The van der Waals surface area contributed by atoms with Gasteiger partial charge in [0, 0.05) is 44.2 Å².